The molecule has 0 aromatic heterocycles. The SMILES string of the molecule is O=C(O)c1cccc(CN2CCC(Oc3ccc(Cl)cc3)C2)c1. The van der Waals surface area contributed by atoms with E-state index in [4.69, 9.17) is 21.4 Å². The molecule has 1 aliphatic rings. The number of likely N-dealkylation sites (tertiary alicyclic amines) is 1. The highest BCUT2D eigenvalue weighted by Gasteiger charge is 2.24. The van der Waals surface area contributed by atoms with E-state index in [1.54, 1.807) is 18.2 Å². The van der Waals surface area contributed by atoms with E-state index in [1.807, 2.05) is 30.3 Å². The summed E-state index contributed by atoms with van der Waals surface area (Å²) in [6.45, 7) is 2.51. The third kappa shape index (κ3) is 4.24. The maximum Gasteiger partial charge on any atom is 0.335 e. The second-order valence-corrected chi connectivity index (χ2v) is 6.16. The predicted molar refractivity (Wildman–Crippen MR) is 89.2 cm³/mol. The van der Waals surface area contributed by atoms with Gasteiger partial charge in [0.2, 0.25) is 0 Å². The van der Waals surface area contributed by atoms with E-state index in [9.17, 15) is 4.79 Å². The molecule has 0 spiro atoms. The van der Waals surface area contributed by atoms with Gasteiger partial charge in [0, 0.05) is 24.7 Å². The maximum atomic E-state index is 11.0. The molecule has 1 unspecified atom stereocenters. The van der Waals surface area contributed by atoms with Gasteiger partial charge in [0.05, 0.1) is 5.56 Å². The van der Waals surface area contributed by atoms with Crippen molar-refractivity contribution in [3.63, 3.8) is 0 Å². The molecule has 0 aliphatic carbocycles. The summed E-state index contributed by atoms with van der Waals surface area (Å²) >= 11 is 5.87. The van der Waals surface area contributed by atoms with Crippen LogP contribution in [0.4, 0.5) is 0 Å². The van der Waals surface area contributed by atoms with E-state index < -0.39 is 5.97 Å². The van der Waals surface area contributed by atoms with Crippen LogP contribution in [-0.4, -0.2) is 35.2 Å². The standard InChI is InChI=1S/C18H18ClNO3/c19-15-4-6-16(7-5-15)23-17-8-9-20(12-17)11-13-2-1-3-14(10-13)18(21)22/h1-7,10,17H,8-9,11-12H2,(H,21,22). The van der Waals surface area contributed by atoms with Gasteiger partial charge >= 0.3 is 5.97 Å². The molecule has 0 amide bonds. The number of benzene rings is 2. The van der Waals surface area contributed by atoms with Crippen molar-refractivity contribution >= 4 is 17.6 Å². The van der Waals surface area contributed by atoms with Crippen molar-refractivity contribution in [2.24, 2.45) is 0 Å². The van der Waals surface area contributed by atoms with Crippen molar-refractivity contribution in [3.05, 3.63) is 64.7 Å². The second-order valence-electron chi connectivity index (χ2n) is 5.72. The Morgan fingerprint density at radius 1 is 1.26 bits per heavy atom. The number of nitrogens with zero attached hydrogens (tertiary/aromatic N) is 1. The van der Waals surface area contributed by atoms with Crippen molar-refractivity contribution < 1.29 is 14.6 Å². The first-order valence-electron chi connectivity index (χ1n) is 7.57. The minimum Gasteiger partial charge on any atom is -0.489 e. The Morgan fingerprint density at radius 3 is 2.78 bits per heavy atom. The molecule has 1 N–H and O–H groups in total. The van der Waals surface area contributed by atoms with E-state index in [1.165, 1.54) is 0 Å². The number of hydrogen-bond acceptors (Lipinski definition) is 3. The fourth-order valence-corrected chi connectivity index (χ4v) is 2.93. The van der Waals surface area contributed by atoms with E-state index in [0.717, 1.165) is 37.4 Å². The highest BCUT2D eigenvalue weighted by atomic mass is 35.5. The molecule has 1 heterocycles. The largest absolute Gasteiger partial charge is 0.489 e. The van der Waals surface area contributed by atoms with Crippen molar-refractivity contribution in [2.75, 3.05) is 13.1 Å². The Kier molecular flexibility index (Phi) is 4.84. The number of carboxylic acids is 1. The third-order valence-corrected chi connectivity index (χ3v) is 4.18. The van der Waals surface area contributed by atoms with Crippen molar-refractivity contribution in [1.29, 1.82) is 0 Å². The summed E-state index contributed by atoms with van der Waals surface area (Å²) in [4.78, 5) is 13.3. The van der Waals surface area contributed by atoms with E-state index >= 15 is 0 Å². The first-order valence-corrected chi connectivity index (χ1v) is 7.95. The van der Waals surface area contributed by atoms with Gasteiger partial charge in [0.25, 0.3) is 0 Å². The third-order valence-electron chi connectivity index (χ3n) is 3.93. The average molecular weight is 332 g/mol. The van der Waals surface area contributed by atoms with Crippen LogP contribution in [0.1, 0.15) is 22.3 Å². The van der Waals surface area contributed by atoms with Crippen LogP contribution >= 0.6 is 11.6 Å². The zero-order chi connectivity index (χ0) is 16.2. The number of halogens is 1. The highest BCUT2D eigenvalue weighted by Crippen LogP contribution is 2.21. The van der Waals surface area contributed by atoms with Gasteiger partial charge in [-0.3, -0.25) is 4.90 Å². The zero-order valence-corrected chi connectivity index (χ0v) is 13.4. The molecule has 0 saturated carbocycles. The predicted octanol–water partition coefficient (Wildman–Crippen LogP) is 3.69. The molecular weight excluding hydrogens is 314 g/mol. The summed E-state index contributed by atoms with van der Waals surface area (Å²) in [5.74, 6) is -0.0636. The Labute approximate surface area is 140 Å². The van der Waals surface area contributed by atoms with Crippen LogP contribution in [0.3, 0.4) is 0 Å². The molecule has 23 heavy (non-hydrogen) atoms. The molecule has 2 aromatic carbocycles. The lowest BCUT2D eigenvalue weighted by molar-refractivity contribution is 0.0696. The lowest BCUT2D eigenvalue weighted by Gasteiger charge is -2.17. The Balaban J connectivity index is 1.56. The Hall–Kier alpha value is -2.04. The molecular formula is C18H18ClNO3. The molecule has 3 rings (SSSR count). The summed E-state index contributed by atoms with van der Waals surface area (Å²) < 4.78 is 5.97. The summed E-state index contributed by atoms with van der Waals surface area (Å²) in [6.07, 6.45) is 1.11. The van der Waals surface area contributed by atoms with Crippen LogP contribution in [0.25, 0.3) is 0 Å². The molecule has 1 atom stereocenters. The minimum absolute atomic E-state index is 0.152. The maximum absolute atomic E-state index is 11.0. The van der Waals surface area contributed by atoms with Crippen LogP contribution in [0.2, 0.25) is 5.02 Å². The molecule has 1 aliphatic heterocycles. The number of ether oxygens (including phenoxy) is 1. The van der Waals surface area contributed by atoms with Gasteiger partial charge in [-0.25, -0.2) is 4.79 Å². The fraction of sp³-hybridized carbons (Fsp3) is 0.278. The van der Waals surface area contributed by atoms with Crippen LogP contribution in [0, 0.1) is 0 Å². The molecule has 5 heteroatoms. The van der Waals surface area contributed by atoms with Gasteiger partial charge in [-0.15, -0.1) is 0 Å². The highest BCUT2D eigenvalue weighted by molar-refractivity contribution is 6.30. The van der Waals surface area contributed by atoms with Gasteiger partial charge in [-0.05, 0) is 48.4 Å². The van der Waals surface area contributed by atoms with Gasteiger partial charge in [0.1, 0.15) is 11.9 Å². The number of carboxylic acid groups (broad SMARTS) is 1. The first kappa shape index (κ1) is 15.8. The molecule has 0 bridgehead atoms. The average Bonchev–Trinajstić information content (AvgIpc) is 2.97. The summed E-state index contributed by atoms with van der Waals surface area (Å²) in [7, 11) is 0. The van der Waals surface area contributed by atoms with Crippen molar-refractivity contribution in [2.45, 2.75) is 19.1 Å². The topological polar surface area (TPSA) is 49.8 Å². The van der Waals surface area contributed by atoms with Gasteiger partial charge in [-0.2, -0.15) is 0 Å². The van der Waals surface area contributed by atoms with E-state index in [0.29, 0.717) is 10.6 Å². The number of rotatable bonds is 5. The number of aromatic carboxylic acids is 1. The van der Waals surface area contributed by atoms with Crippen LogP contribution in [0.15, 0.2) is 48.5 Å². The molecule has 1 saturated heterocycles. The summed E-state index contributed by atoms with van der Waals surface area (Å²) in [6, 6.07) is 14.5. The zero-order valence-electron chi connectivity index (χ0n) is 12.6. The summed E-state index contributed by atoms with van der Waals surface area (Å²) in [5.41, 5.74) is 1.34. The van der Waals surface area contributed by atoms with Gasteiger partial charge in [0.15, 0.2) is 0 Å². The van der Waals surface area contributed by atoms with E-state index in [-0.39, 0.29) is 6.10 Å². The lowest BCUT2D eigenvalue weighted by Crippen LogP contribution is -2.24. The quantitative estimate of drug-likeness (QED) is 0.907. The number of carbonyl (C=O) groups is 1. The molecule has 2 aromatic rings. The molecule has 4 nitrogen and oxygen atoms in total. The molecule has 1 fully saturated rings. The lowest BCUT2D eigenvalue weighted by atomic mass is 10.1. The Bertz CT molecular complexity index is 687. The van der Waals surface area contributed by atoms with Crippen LogP contribution in [0.5, 0.6) is 5.75 Å². The Morgan fingerprint density at radius 2 is 2.04 bits per heavy atom. The molecule has 0 radical (unpaired) electrons. The molecule has 120 valence electrons. The number of hydrogen-bond donors (Lipinski definition) is 1. The normalized spacial score (nSPS) is 18.0. The smallest absolute Gasteiger partial charge is 0.335 e. The second kappa shape index (κ2) is 7.02. The fourth-order valence-electron chi connectivity index (χ4n) is 2.80. The first-order chi connectivity index (χ1) is 11.1. The van der Waals surface area contributed by atoms with Gasteiger partial charge < -0.3 is 9.84 Å². The minimum atomic E-state index is -0.891. The van der Waals surface area contributed by atoms with Gasteiger partial charge in [-0.1, -0.05) is 23.7 Å². The van der Waals surface area contributed by atoms with Crippen molar-refractivity contribution in [3.8, 4) is 5.75 Å². The summed E-state index contributed by atoms with van der Waals surface area (Å²) in [5, 5.41) is 9.75. The monoisotopic (exact) mass is 331 g/mol. The van der Waals surface area contributed by atoms with Crippen LogP contribution < -0.4 is 4.74 Å². The van der Waals surface area contributed by atoms with Crippen LogP contribution in [-0.2, 0) is 6.54 Å². The van der Waals surface area contributed by atoms with E-state index in [2.05, 4.69) is 4.90 Å². The van der Waals surface area contributed by atoms with Crippen molar-refractivity contribution in [1.82, 2.24) is 4.90 Å².